The molecule has 0 spiro atoms. The van der Waals surface area contributed by atoms with Gasteiger partial charge >= 0.3 is 0 Å². The zero-order chi connectivity index (χ0) is 9.31. The summed E-state index contributed by atoms with van der Waals surface area (Å²) in [6.07, 6.45) is 3.35. The van der Waals surface area contributed by atoms with Gasteiger partial charge in [0.05, 0.1) is 0 Å². The maximum atomic E-state index is 5.44. The predicted molar refractivity (Wildman–Crippen MR) is 48.1 cm³/mol. The lowest BCUT2D eigenvalue weighted by molar-refractivity contribution is 0.517. The quantitative estimate of drug-likeness (QED) is 0.713. The Hall–Kier alpha value is -0.970. The smallest absolute Gasteiger partial charge is 0.157 e. The molecule has 1 aliphatic carbocycles. The van der Waals surface area contributed by atoms with Gasteiger partial charge in [0.1, 0.15) is 0 Å². The maximum Gasteiger partial charge on any atom is 0.157 e. The van der Waals surface area contributed by atoms with Crippen molar-refractivity contribution in [2.45, 2.75) is 38.1 Å². The lowest BCUT2D eigenvalue weighted by Crippen LogP contribution is -2.15. The van der Waals surface area contributed by atoms with Crippen LogP contribution in [0.2, 0.25) is 0 Å². The Kier molecular flexibility index (Phi) is 2.03. The van der Waals surface area contributed by atoms with Crippen molar-refractivity contribution in [3.63, 3.8) is 0 Å². The molecule has 1 heterocycles. The fraction of sp³-hybridized carbons (Fsp3) is 0.875. The van der Waals surface area contributed by atoms with E-state index in [1.807, 2.05) is 4.68 Å². The largest absolute Gasteiger partial charge is 0.330 e. The van der Waals surface area contributed by atoms with Crippen LogP contribution in [0, 0.1) is 0 Å². The second-order valence-corrected chi connectivity index (χ2v) is 3.93. The van der Waals surface area contributed by atoms with Crippen LogP contribution in [0.25, 0.3) is 0 Å². The van der Waals surface area contributed by atoms with Gasteiger partial charge < -0.3 is 5.73 Å². The summed E-state index contributed by atoms with van der Waals surface area (Å²) in [6, 6.07) is 0. The molecule has 0 aromatic carbocycles. The molecule has 0 radical (unpaired) electrons. The van der Waals surface area contributed by atoms with Crippen molar-refractivity contribution in [3.05, 3.63) is 5.82 Å². The van der Waals surface area contributed by atoms with E-state index < -0.39 is 0 Å². The SMILES string of the molecule is CC1(c2nnnn2CCCN)CC1. The summed E-state index contributed by atoms with van der Waals surface area (Å²) in [4.78, 5) is 0. The summed E-state index contributed by atoms with van der Waals surface area (Å²) in [7, 11) is 0. The highest BCUT2D eigenvalue weighted by molar-refractivity contribution is 5.13. The third-order valence-electron chi connectivity index (χ3n) is 2.65. The highest BCUT2D eigenvalue weighted by Gasteiger charge is 2.43. The van der Waals surface area contributed by atoms with Crippen LogP contribution in [0.1, 0.15) is 32.0 Å². The summed E-state index contributed by atoms with van der Waals surface area (Å²) in [6.45, 7) is 3.74. The Morgan fingerprint density at radius 2 is 2.31 bits per heavy atom. The first-order valence-corrected chi connectivity index (χ1v) is 4.73. The standard InChI is InChI=1S/C8H15N5/c1-8(3-4-8)7-10-11-12-13(7)6-2-5-9/h2-6,9H2,1H3. The minimum absolute atomic E-state index is 0.248. The Labute approximate surface area is 77.3 Å². The molecule has 1 saturated carbocycles. The van der Waals surface area contributed by atoms with E-state index in [1.165, 1.54) is 12.8 Å². The predicted octanol–water partition coefficient (Wildman–Crippen LogP) is 0.0734. The molecule has 0 amide bonds. The highest BCUT2D eigenvalue weighted by atomic mass is 15.5. The number of hydrogen-bond donors (Lipinski definition) is 1. The fourth-order valence-corrected chi connectivity index (χ4v) is 1.44. The van der Waals surface area contributed by atoms with Gasteiger partial charge in [-0.05, 0) is 36.2 Å². The molecular weight excluding hydrogens is 166 g/mol. The molecule has 0 saturated heterocycles. The van der Waals surface area contributed by atoms with Gasteiger partial charge in [0.25, 0.3) is 0 Å². The van der Waals surface area contributed by atoms with Crippen molar-refractivity contribution >= 4 is 0 Å². The number of hydrogen-bond acceptors (Lipinski definition) is 4. The molecule has 72 valence electrons. The topological polar surface area (TPSA) is 69.6 Å². The second-order valence-electron chi connectivity index (χ2n) is 3.93. The normalized spacial score (nSPS) is 18.9. The van der Waals surface area contributed by atoms with Crippen LogP contribution in [0.4, 0.5) is 0 Å². The van der Waals surface area contributed by atoms with E-state index in [1.54, 1.807) is 0 Å². The number of nitrogens with two attached hydrogens (primary N) is 1. The lowest BCUT2D eigenvalue weighted by Gasteiger charge is -2.07. The van der Waals surface area contributed by atoms with Crippen molar-refractivity contribution in [3.8, 4) is 0 Å². The van der Waals surface area contributed by atoms with Crippen molar-refractivity contribution < 1.29 is 0 Å². The van der Waals surface area contributed by atoms with Gasteiger partial charge in [0, 0.05) is 12.0 Å². The van der Waals surface area contributed by atoms with Crippen LogP contribution in [0.5, 0.6) is 0 Å². The highest BCUT2D eigenvalue weighted by Crippen LogP contribution is 2.46. The van der Waals surface area contributed by atoms with Crippen LogP contribution in [-0.2, 0) is 12.0 Å². The van der Waals surface area contributed by atoms with E-state index in [2.05, 4.69) is 22.4 Å². The Balaban J connectivity index is 2.12. The van der Waals surface area contributed by atoms with E-state index in [0.717, 1.165) is 18.8 Å². The Morgan fingerprint density at radius 3 is 2.92 bits per heavy atom. The van der Waals surface area contributed by atoms with E-state index in [4.69, 9.17) is 5.73 Å². The number of tetrazole rings is 1. The molecule has 0 unspecified atom stereocenters. The minimum atomic E-state index is 0.248. The van der Waals surface area contributed by atoms with E-state index in [-0.39, 0.29) is 5.41 Å². The minimum Gasteiger partial charge on any atom is -0.330 e. The van der Waals surface area contributed by atoms with Gasteiger partial charge in [-0.3, -0.25) is 0 Å². The van der Waals surface area contributed by atoms with Crippen molar-refractivity contribution in [1.82, 2.24) is 20.2 Å². The van der Waals surface area contributed by atoms with Crippen LogP contribution in [0.15, 0.2) is 0 Å². The number of rotatable bonds is 4. The molecule has 5 nitrogen and oxygen atoms in total. The number of nitrogens with zero attached hydrogens (tertiary/aromatic N) is 4. The van der Waals surface area contributed by atoms with E-state index in [0.29, 0.717) is 6.54 Å². The van der Waals surface area contributed by atoms with Crippen molar-refractivity contribution in [2.24, 2.45) is 5.73 Å². The van der Waals surface area contributed by atoms with Crippen molar-refractivity contribution in [2.75, 3.05) is 6.54 Å². The van der Waals surface area contributed by atoms with Gasteiger partial charge in [-0.15, -0.1) is 5.10 Å². The molecule has 5 heteroatoms. The van der Waals surface area contributed by atoms with Crippen LogP contribution < -0.4 is 5.73 Å². The van der Waals surface area contributed by atoms with Gasteiger partial charge in [-0.1, -0.05) is 6.92 Å². The molecule has 0 bridgehead atoms. The molecule has 0 atom stereocenters. The molecular formula is C8H15N5. The van der Waals surface area contributed by atoms with Crippen LogP contribution in [0.3, 0.4) is 0 Å². The molecule has 2 rings (SSSR count). The first kappa shape index (κ1) is 8.62. The van der Waals surface area contributed by atoms with E-state index in [9.17, 15) is 0 Å². The lowest BCUT2D eigenvalue weighted by atomic mass is 10.1. The molecule has 13 heavy (non-hydrogen) atoms. The first-order chi connectivity index (χ1) is 6.26. The summed E-state index contributed by atoms with van der Waals surface area (Å²) in [5.41, 5.74) is 5.69. The molecule has 1 aliphatic rings. The Bertz CT molecular complexity index is 288. The first-order valence-electron chi connectivity index (χ1n) is 4.73. The zero-order valence-electron chi connectivity index (χ0n) is 7.90. The average Bonchev–Trinajstić information content (AvgIpc) is 2.69. The van der Waals surface area contributed by atoms with Crippen LogP contribution in [-0.4, -0.2) is 26.8 Å². The number of aryl methyl sites for hydroxylation is 1. The summed E-state index contributed by atoms with van der Waals surface area (Å²) in [5.74, 6) is 1.03. The molecule has 1 aromatic heterocycles. The molecule has 1 aromatic rings. The van der Waals surface area contributed by atoms with Crippen LogP contribution >= 0.6 is 0 Å². The third-order valence-corrected chi connectivity index (χ3v) is 2.65. The third kappa shape index (κ3) is 1.56. The molecule has 2 N–H and O–H groups in total. The summed E-state index contributed by atoms with van der Waals surface area (Å²) < 4.78 is 1.89. The monoisotopic (exact) mass is 181 g/mol. The molecule has 1 fully saturated rings. The van der Waals surface area contributed by atoms with Gasteiger partial charge in [0.15, 0.2) is 5.82 Å². The Morgan fingerprint density at radius 1 is 1.54 bits per heavy atom. The number of aromatic nitrogens is 4. The van der Waals surface area contributed by atoms with Crippen molar-refractivity contribution in [1.29, 1.82) is 0 Å². The van der Waals surface area contributed by atoms with Gasteiger partial charge in [-0.25, -0.2) is 4.68 Å². The average molecular weight is 181 g/mol. The second kappa shape index (κ2) is 3.06. The van der Waals surface area contributed by atoms with E-state index >= 15 is 0 Å². The van der Waals surface area contributed by atoms with Gasteiger partial charge in [0.2, 0.25) is 0 Å². The maximum absolute atomic E-state index is 5.44. The van der Waals surface area contributed by atoms with Gasteiger partial charge in [-0.2, -0.15) is 0 Å². The molecule has 0 aliphatic heterocycles. The fourth-order valence-electron chi connectivity index (χ4n) is 1.44. The zero-order valence-corrected chi connectivity index (χ0v) is 7.90. The summed E-state index contributed by atoms with van der Waals surface area (Å²) in [5, 5.41) is 11.7. The summed E-state index contributed by atoms with van der Waals surface area (Å²) >= 11 is 0.